The average molecular weight is 244 g/mol. The maximum Gasteiger partial charge on any atom is 0.231 e. The third kappa shape index (κ3) is 2.63. The summed E-state index contributed by atoms with van der Waals surface area (Å²) in [7, 11) is 0. The quantitative estimate of drug-likeness (QED) is 0.519. The van der Waals surface area contributed by atoms with Crippen molar-refractivity contribution in [3.63, 3.8) is 0 Å². The van der Waals surface area contributed by atoms with Crippen molar-refractivity contribution >= 4 is 17.0 Å². The van der Waals surface area contributed by atoms with Crippen LogP contribution >= 0.6 is 0 Å². The third-order valence-electron chi connectivity index (χ3n) is 2.12. The van der Waals surface area contributed by atoms with Gasteiger partial charge in [-0.15, -0.1) is 0 Å². The fraction of sp³-hybridized carbons (Fsp3) is 0.333. The Labute approximate surface area is 95.2 Å². The van der Waals surface area contributed by atoms with Crippen molar-refractivity contribution in [3.05, 3.63) is 18.2 Å². The summed E-state index contributed by atoms with van der Waals surface area (Å²) in [5, 5.41) is 0. The van der Waals surface area contributed by atoms with Gasteiger partial charge in [-0.1, -0.05) is 0 Å². The van der Waals surface area contributed by atoms with E-state index in [-0.39, 0.29) is 12.6 Å². The fourth-order valence-electron chi connectivity index (χ4n) is 1.40. The van der Waals surface area contributed by atoms with Crippen LogP contribution in [0.25, 0.3) is 0 Å². The molecule has 0 saturated carbocycles. The summed E-state index contributed by atoms with van der Waals surface area (Å²) in [5.41, 5.74) is 6.19. The normalized spacial score (nSPS) is 20.4. The van der Waals surface area contributed by atoms with Gasteiger partial charge in [0.05, 0.1) is 6.54 Å². The smallest absolute Gasteiger partial charge is 0.231 e. The van der Waals surface area contributed by atoms with E-state index in [2.05, 4.69) is 4.72 Å². The molecule has 1 aromatic carbocycles. The number of hydrogen-bond acceptors (Lipinski definition) is 4. The molecule has 0 fully saturated rings. The Bertz CT molecular complexity index is 412. The van der Waals surface area contributed by atoms with E-state index in [0.29, 0.717) is 23.8 Å². The fourth-order valence-corrected chi connectivity index (χ4v) is 1.73. The second-order valence-electron chi connectivity index (χ2n) is 3.35. The van der Waals surface area contributed by atoms with Crippen molar-refractivity contribution < 1.29 is 18.2 Å². The lowest BCUT2D eigenvalue weighted by Gasteiger charge is -2.26. The van der Waals surface area contributed by atoms with E-state index in [1.807, 2.05) is 0 Å². The second-order valence-corrected chi connectivity index (χ2v) is 4.14. The van der Waals surface area contributed by atoms with Crippen molar-refractivity contribution in [2.75, 3.05) is 18.9 Å². The van der Waals surface area contributed by atoms with Crippen molar-refractivity contribution in [2.24, 2.45) is 0 Å². The second kappa shape index (κ2) is 4.69. The molecule has 88 valence electrons. The molecule has 0 saturated heterocycles. The zero-order valence-corrected chi connectivity index (χ0v) is 9.20. The predicted octanol–water partition coefficient (Wildman–Crippen LogP) is 0.135. The van der Waals surface area contributed by atoms with E-state index in [9.17, 15) is 4.21 Å². The Kier molecular flexibility index (Phi) is 3.28. The number of benzene rings is 1. The monoisotopic (exact) mass is 244 g/mol. The standard InChI is InChI=1S/C9H12N2O4S/c10-6-1-2-8-9(3-6)15-7(5-14-8)4-11-16(12)13/h1-3,7,11H,4-5,10H2,(H,12,13)/t7-/m0/s1. The van der Waals surface area contributed by atoms with E-state index in [1.54, 1.807) is 18.2 Å². The molecule has 0 spiro atoms. The minimum Gasteiger partial charge on any atom is -0.486 e. The molecule has 7 heteroatoms. The van der Waals surface area contributed by atoms with Crippen LogP contribution in [0.2, 0.25) is 0 Å². The van der Waals surface area contributed by atoms with Crippen LogP contribution in [0.15, 0.2) is 18.2 Å². The molecule has 1 aromatic rings. The summed E-state index contributed by atoms with van der Waals surface area (Å²) in [6.07, 6.45) is -0.301. The topological polar surface area (TPSA) is 93.8 Å². The molecule has 2 rings (SSSR count). The molecule has 0 aliphatic carbocycles. The molecule has 2 atom stereocenters. The highest BCUT2D eigenvalue weighted by atomic mass is 32.2. The van der Waals surface area contributed by atoms with Gasteiger partial charge < -0.3 is 15.2 Å². The van der Waals surface area contributed by atoms with Crippen LogP contribution in [0.5, 0.6) is 11.5 Å². The first kappa shape index (κ1) is 11.2. The number of nitrogens with two attached hydrogens (primary N) is 1. The Hall–Kier alpha value is -1.31. The van der Waals surface area contributed by atoms with E-state index in [4.69, 9.17) is 19.8 Å². The molecule has 1 unspecified atom stereocenters. The van der Waals surface area contributed by atoms with Crippen LogP contribution in [-0.4, -0.2) is 28.0 Å². The highest BCUT2D eigenvalue weighted by molar-refractivity contribution is 7.77. The van der Waals surface area contributed by atoms with Gasteiger partial charge in [0, 0.05) is 11.8 Å². The zero-order chi connectivity index (χ0) is 11.5. The van der Waals surface area contributed by atoms with Gasteiger partial charge in [0.15, 0.2) is 11.5 Å². The van der Waals surface area contributed by atoms with Crippen LogP contribution in [0.1, 0.15) is 0 Å². The first-order valence-electron chi connectivity index (χ1n) is 4.68. The number of nitrogen functional groups attached to an aromatic ring is 1. The maximum atomic E-state index is 10.4. The first-order valence-corrected chi connectivity index (χ1v) is 5.79. The molecule has 4 N–H and O–H groups in total. The summed E-state index contributed by atoms with van der Waals surface area (Å²) in [4.78, 5) is 0. The van der Waals surface area contributed by atoms with Crippen LogP contribution in [-0.2, 0) is 11.3 Å². The maximum absolute atomic E-state index is 10.4. The van der Waals surface area contributed by atoms with Crippen molar-refractivity contribution in [1.29, 1.82) is 0 Å². The number of anilines is 1. The molecule has 0 aromatic heterocycles. The molecule has 0 bridgehead atoms. The SMILES string of the molecule is Nc1ccc2c(c1)O[C@@H](CNS(=O)O)CO2. The minimum absolute atomic E-state index is 0.233. The molecule has 1 aliphatic heterocycles. The Morgan fingerprint density at radius 3 is 3.12 bits per heavy atom. The molecule has 0 radical (unpaired) electrons. The number of rotatable bonds is 3. The number of hydrogen-bond donors (Lipinski definition) is 3. The third-order valence-corrected chi connectivity index (χ3v) is 2.53. The van der Waals surface area contributed by atoms with E-state index >= 15 is 0 Å². The summed E-state index contributed by atoms with van der Waals surface area (Å²) >= 11 is -2.04. The van der Waals surface area contributed by atoms with E-state index < -0.39 is 11.3 Å². The van der Waals surface area contributed by atoms with Gasteiger partial charge in [0.1, 0.15) is 12.7 Å². The predicted molar refractivity (Wildman–Crippen MR) is 59.5 cm³/mol. The molecule has 1 heterocycles. The minimum atomic E-state index is -2.04. The van der Waals surface area contributed by atoms with Gasteiger partial charge in [-0.25, -0.2) is 8.93 Å². The highest BCUT2D eigenvalue weighted by Crippen LogP contribution is 2.33. The first-order chi connectivity index (χ1) is 7.65. The summed E-state index contributed by atoms with van der Waals surface area (Å²) in [6.45, 7) is 0.568. The Morgan fingerprint density at radius 2 is 2.38 bits per heavy atom. The molecular weight excluding hydrogens is 232 g/mol. The van der Waals surface area contributed by atoms with Gasteiger partial charge in [-0.05, 0) is 12.1 Å². The van der Waals surface area contributed by atoms with Crippen LogP contribution in [0, 0.1) is 0 Å². The van der Waals surface area contributed by atoms with Gasteiger partial charge in [0.2, 0.25) is 11.3 Å². The van der Waals surface area contributed by atoms with Gasteiger partial charge in [-0.3, -0.25) is 4.55 Å². The molecule has 0 amide bonds. The summed E-state index contributed by atoms with van der Waals surface area (Å²) in [5.74, 6) is 1.19. The zero-order valence-electron chi connectivity index (χ0n) is 8.38. The van der Waals surface area contributed by atoms with E-state index in [1.165, 1.54) is 0 Å². The summed E-state index contributed by atoms with van der Waals surface area (Å²) in [6, 6.07) is 5.12. The van der Waals surface area contributed by atoms with Gasteiger partial charge in [-0.2, -0.15) is 0 Å². The van der Waals surface area contributed by atoms with Crippen LogP contribution in [0.3, 0.4) is 0 Å². The molecular formula is C9H12N2O4S. The van der Waals surface area contributed by atoms with Crippen molar-refractivity contribution in [2.45, 2.75) is 6.10 Å². The Morgan fingerprint density at radius 1 is 1.56 bits per heavy atom. The lowest BCUT2D eigenvalue weighted by atomic mass is 10.2. The van der Waals surface area contributed by atoms with E-state index in [0.717, 1.165) is 0 Å². The average Bonchev–Trinajstić information content (AvgIpc) is 2.25. The molecule has 1 aliphatic rings. The van der Waals surface area contributed by atoms with Crippen LogP contribution < -0.4 is 19.9 Å². The lowest BCUT2D eigenvalue weighted by Crippen LogP contribution is -2.38. The van der Waals surface area contributed by atoms with Gasteiger partial charge in [0.25, 0.3) is 0 Å². The number of nitrogens with one attached hydrogen (secondary N) is 1. The Balaban J connectivity index is 2.02. The van der Waals surface area contributed by atoms with Crippen molar-refractivity contribution in [3.8, 4) is 11.5 Å². The highest BCUT2D eigenvalue weighted by Gasteiger charge is 2.21. The van der Waals surface area contributed by atoms with Crippen LogP contribution in [0.4, 0.5) is 5.69 Å². The number of ether oxygens (including phenoxy) is 2. The van der Waals surface area contributed by atoms with Gasteiger partial charge >= 0.3 is 0 Å². The largest absolute Gasteiger partial charge is 0.486 e. The summed E-state index contributed by atoms with van der Waals surface area (Å²) < 4.78 is 32.3. The molecule has 16 heavy (non-hydrogen) atoms. The lowest BCUT2D eigenvalue weighted by molar-refractivity contribution is 0.0943. The number of fused-ring (bicyclic) bond motifs is 1. The molecule has 6 nitrogen and oxygen atoms in total. The van der Waals surface area contributed by atoms with Crippen molar-refractivity contribution in [1.82, 2.24) is 4.72 Å².